The highest BCUT2D eigenvalue weighted by molar-refractivity contribution is 5.96. The van der Waals surface area contributed by atoms with Gasteiger partial charge in [0.1, 0.15) is 11.5 Å². The summed E-state index contributed by atoms with van der Waals surface area (Å²) in [6.45, 7) is 4.63. The zero-order valence-corrected chi connectivity index (χ0v) is 17.9. The fourth-order valence-corrected chi connectivity index (χ4v) is 3.48. The number of carbonyl (C=O) groups is 2. The van der Waals surface area contributed by atoms with Gasteiger partial charge in [-0.15, -0.1) is 5.10 Å². The van der Waals surface area contributed by atoms with Gasteiger partial charge in [-0.3, -0.25) is 14.9 Å². The SMILES string of the molecule is CCOc1ccc(N2CC(c3nnc(NC(=O)COc4ccccc4C)o3)CC2=O)cc1. The molecule has 166 valence electrons. The van der Waals surface area contributed by atoms with Crippen LogP contribution in [-0.2, 0) is 9.59 Å². The highest BCUT2D eigenvalue weighted by Crippen LogP contribution is 2.32. The Bertz CT molecular complexity index is 1100. The van der Waals surface area contributed by atoms with Crippen molar-refractivity contribution in [3.05, 3.63) is 60.0 Å². The first kappa shape index (κ1) is 21.4. The van der Waals surface area contributed by atoms with Crippen LogP contribution < -0.4 is 19.7 Å². The molecule has 3 aromatic rings. The lowest BCUT2D eigenvalue weighted by Gasteiger charge is -2.16. The summed E-state index contributed by atoms with van der Waals surface area (Å²) in [5.74, 6) is 0.991. The summed E-state index contributed by atoms with van der Waals surface area (Å²) in [4.78, 5) is 26.4. The predicted octanol–water partition coefficient (Wildman–Crippen LogP) is 3.31. The fraction of sp³-hybridized carbons (Fsp3) is 0.304. The topological polar surface area (TPSA) is 107 Å². The maximum atomic E-state index is 12.5. The van der Waals surface area contributed by atoms with Gasteiger partial charge in [0.15, 0.2) is 6.61 Å². The Kier molecular flexibility index (Phi) is 6.34. The first-order valence-electron chi connectivity index (χ1n) is 10.4. The van der Waals surface area contributed by atoms with Gasteiger partial charge in [0.25, 0.3) is 5.91 Å². The molecule has 0 spiro atoms. The van der Waals surface area contributed by atoms with E-state index >= 15 is 0 Å². The van der Waals surface area contributed by atoms with Crippen LogP contribution in [0.5, 0.6) is 11.5 Å². The van der Waals surface area contributed by atoms with E-state index in [9.17, 15) is 9.59 Å². The molecule has 2 heterocycles. The van der Waals surface area contributed by atoms with Crippen molar-refractivity contribution in [2.45, 2.75) is 26.2 Å². The summed E-state index contributed by atoms with van der Waals surface area (Å²) in [5, 5.41) is 10.4. The molecule has 1 N–H and O–H groups in total. The molecule has 32 heavy (non-hydrogen) atoms. The number of amides is 2. The summed E-state index contributed by atoms with van der Waals surface area (Å²) in [5.41, 5.74) is 1.71. The number of rotatable bonds is 8. The third-order valence-electron chi connectivity index (χ3n) is 5.07. The first-order chi connectivity index (χ1) is 15.5. The summed E-state index contributed by atoms with van der Waals surface area (Å²) in [6.07, 6.45) is 0.249. The number of nitrogens with one attached hydrogen (secondary N) is 1. The average Bonchev–Trinajstić information content (AvgIpc) is 3.40. The van der Waals surface area contributed by atoms with E-state index in [0.717, 1.165) is 17.0 Å². The van der Waals surface area contributed by atoms with Crippen LogP contribution in [0.4, 0.5) is 11.7 Å². The molecule has 9 heteroatoms. The number of ether oxygens (including phenoxy) is 2. The van der Waals surface area contributed by atoms with Crippen LogP contribution in [0.1, 0.15) is 30.7 Å². The molecular formula is C23H24N4O5. The lowest BCUT2D eigenvalue weighted by molar-refractivity contribution is -0.118. The van der Waals surface area contributed by atoms with Gasteiger partial charge < -0.3 is 18.8 Å². The number of carbonyl (C=O) groups excluding carboxylic acids is 2. The van der Waals surface area contributed by atoms with Crippen LogP contribution >= 0.6 is 0 Å². The lowest BCUT2D eigenvalue weighted by atomic mass is 10.1. The quantitative estimate of drug-likeness (QED) is 0.577. The number of aromatic nitrogens is 2. The van der Waals surface area contributed by atoms with Gasteiger partial charge in [-0.25, -0.2) is 0 Å². The number of hydrogen-bond acceptors (Lipinski definition) is 7. The van der Waals surface area contributed by atoms with Crippen molar-refractivity contribution < 1.29 is 23.5 Å². The van der Waals surface area contributed by atoms with E-state index in [0.29, 0.717) is 24.8 Å². The monoisotopic (exact) mass is 436 g/mol. The molecule has 1 unspecified atom stereocenters. The molecular weight excluding hydrogens is 412 g/mol. The van der Waals surface area contributed by atoms with Gasteiger partial charge in [0, 0.05) is 18.7 Å². The van der Waals surface area contributed by atoms with Crippen molar-refractivity contribution in [3.63, 3.8) is 0 Å². The van der Waals surface area contributed by atoms with E-state index in [1.54, 1.807) is 11.0 Å². The van der Waals surface area contributed by atoms with Crippen molar-refractivity contribution in [2.75, 3.05) is 30.0 Å². The second-order valence-corrected chi connectivity index (χ2v) is 7.38. The van der Waals surface area contributed by atoms with Crippen molar-refractivity contribution in [3.8, 4) is 11.5 Å². The second-order valence-electron chi connectivity index (χ2n) is 7.38. The molecule has 2 amide bonds. The lowest BCUT2D eigenvalue weighted by Crippen LogP contribution is -2.24. The Morgan fingerprint density at radius 1 is 1.16 bits per heavy atom. The maximum Gasteiger partial charge on any atom is 0.322 e. The summed E-state index contributed by atoms with van der Waals surface area (Å²) >= 11 is 0. The van der Waals surface area contributed by atoms with Gasteiger partial charge in [-0.05, 0) is 49.7 Å². The number of para-hydroxylation sites is 1. The van der Waals surface area contributed by atoms with Gasteiger partial charge in [0.2, 0.25) is 11.8 Å². The molecule has 0 saturated carbocycles. The Hall–Kier alpha value is -3.88. The minimum absolute atomic E-state index is 0.0228. The fourth-order valence-electron chi connectivity index (χ4n) is 3.48. The first-order valence-corrected chi connectivity index (χ1v) is 10.4. The number of anilines is 2. The third-order valence-corrected chi connectivity index (χ3v) is 5.07. The van der Waals surface area contributed by atoms with E-state index in [-0.39, 0.29) is 30.9 Å². The largest absolute Gasteiger partial charge is 0.494 e. The van der Waals surface area contributed by atoms with Crippen LogP contribution in [0.3, 0.4) is 0 Å². The van der Waals surface area contributed by atoms with Crippen LogP contribution in [0.15, 0.2) is 52.9 Å². The number of aryl methyl sites for hydroxylation is 1. The van der Waals surface area contributed by atoms with E-state index in [2.05, 4.69) is 15.5 Å². The molecule has 1 aliphatic heterocycles. The third kappa shape index (κ3) is 4.88. The maximum absolute atomic E-state index is 12.5. The van der Waals surface area contributed by atoms with Crippen LogP contribution in [0, 0.1) is 6.92 Å². The Morgan fingerprint density at radius 2 is 1.94 bits per heavy atom. The molecule has 1 aromatic heterocycles. The smallest absolute Gasteiger partial charge is 0.322 e. The highest BCUT2D eigenvalue weighted by atomic mass is 16.5. The van der Waals surface area contributed by atoms with Crippen LogP contribution in [-0.4, -0.2) is 41.8 Å². The molecule has 1 fully saturated rings. The van der Waals surface area contributed by atoms with Gasteiger partial charge in [-0.1, -0.05) is 23.3 Å². The molecule has 0 bridgehead atoms. The minimum Gasteiger partial charge on any atom is -0.494 e. The summed E-state index contributed by atoms with van der Waals surface area (Å²) in [7, 11) is 0. The van der Waals surface area contributed by atoms with Crippen molar-refractivity contribution in [2.24, 2.45) is 0 Å². The molecule has 0 aliphatic carbocycles. The van der Waals surface area contributed by atoms with E-state index in [1.165, 1.54) is 0 Å². The molecule has 0 radical (unpaired) electrons. The van der Waals surface area contributed by atoms with E-state index in [1.807, 2.05) is 56.3 Å². The molecule has 1 atom stereocenters. The van der Waals surface area contributed by atoms with Crippen molar-refractivity contribution in [1.29, 1.82) is 0 Å². The minimum atomic E-state index is -0.415. The highest BCUT2D eigenvalue weighted by Gasteiger charge is 2.35. The Morgan fingerprint density at radius 3 is 2.69 bits per heavy atom. The Labute approximate surface area is 185 Å². The second kappa shape index (κ2) is 9.51. The van der Waals surface area contributed by atoms with Gasteiger partial charge in [-0.2, -0.15) is 0 Å². The van der Waals surface area contributed by atoms with Crippen LogP contribution in [0.2, 0.25) is 0 Å². The van der Waals surface area contributed by atoms with Crippen molar-refractivity contribution >= 4 is 23.5 Å². The molecule has 9 nitrogen and oxygen atoms in total. The number of nitrogens with zero attached hydrogens (tertiary/aromatic N) is 3. The zero-order valence-electron chi connectivity index (χ0n) is 17.9. The average molecular weight is 436 g/mol. The Balaban J connectivity index is 1.33. The molecule has 2 aromatic carbocycles. The molecule has 4 rings (SSSR count). The predicted molar refractivity (Wildman–Crippen MR) is 117 cm³/mol. The molecule has 1 saturated heterocycles. The normalized spacial score (nSPS) is 15.6. The number of hydrogen-bond donors (Lipinski definition) is 1. The van der Waals surface area contributed by atoms with Crippen LogP contribution in [0.25, 0.3) is 0 Å². The van der Waals surface area contributed by atoms with Crippen molar-refractivity contribution in [1.82, 2.24) is 10.2 Å². The molecule has 1 aliphatic rings. The standard InChI is InChI=1S/C23H24N4O5/c1-3-30-18-10-8-17(9-11-18)27-13-16(12-21(27)29)22-25-26-23(32-22)24-20(28)14-31-19-7-5-4-6-15(19)2/h4-11,16H,3,12-14H2,1-2H3,(H,24,26,28). The number of benzene rings is 2. The summed E-state index contributed by atoms with van der Waals surface area (Å²) in [6, 6.07) is 14.8. The van der Waals surface area contributed by atoms with E-state index < -0.39 is 5.91 Å². The van der Waals surface area contributed by atoms with Gasteiger partial charge in [0.05, 0.1) is 12.5 Å². The summed E-state index contributed by atoms with van der Waals surface area (Å²) < 4.78 is 16.5. The van der Waals surface area contributed by atoms with Gasteiger partial charge >= 0.3 is 6.01 Å². The zero-order chi connectivity index (χ0) is 22.5. The van der Waals surface area contributed by atoms with E-state index in [4.69, 9.17) is 13.9 Å².